The maximum absolute atomic E-state index is 12.2. The van der Waals surface area contributed by atoms with Gasteiger partial charge in [0.25, 0.3) is 5.89 Å². The van der Waals surface area contributed by atoms with Crippen LogP contribution in [-0.4, -0.2) is 22.2 Å². The van der Waals surface area contributed by atoms with Gasteiger partial charge < -0.3 is 4.42 Å². The highest BCUT2D eigenvalue weighted by Gasteiger charge is 2.43. The SMILES string of the molecule is O=C(c1nnc(C(Cl)c2ccccc2)o1)C(F)(F)F. The molecule has 8 heteroatoms. The summed E-state index contributed by atoms with van der Waals surface area (Å²) in [5, 5.41) is 5.50. The molecule has 0 saturated heterocycles. The number of hydrogen-bond acceptors (Lipinski definition) is 4. The van der Waals surface area contributed by atoms with Crippen LogP contribution in [0, 0.1) is 0 Å². The van der Waals surface area contributed by atoms with Crippen LogP contribution in [0.25, 0.3) is 0 Å². The monoisotopic (exact) mass is 290 g/mol. The number of benzene rings is 1. The Kier molecular flexibility index (Phi) is 3.57. The standard InChI is InChI=1S/C11H6ClF3N2O2/c12-7(6-4-2-1-3-5-6)9-16-17-10(19-9)8(18)11(13,14)15/h1-5,7H. The molecule has 1 atom stereocenters. The van der Waals surface area contributed by atoms with E-state index in [0.717, 1.165) is 0 Å². The van der Waals surface area contributed by atoms with E-state index in [2.05, 4.69) is 14.6 Å². The van der Waals surface area contributed by atoms with Crippen molar-refractivity contribution in [2.75, 3.05) is 0 Å². The van der Waals surface area contributed by atoms with Crippen molar-refractivity contribution in [1.82, 2.24) is 10.2 Å². The first-order valence-corrected chi connectivity index (χ1v) is 5.47. The van der Waals surface area contributed by atoms with Crippen molar-refractivity contribution >= 4 is 17.4 Å². The Morgan fingerprint density at radius 2 is 1.84 bits per heavy atom. The summed E-state index contributed by atoms with van der Waals surface area (Å²) in [6.07, 6.45) is -5.06. The average molecular weight is 291 g/mol. The quantitative estimate of drug-likeness (QED) is 0.643. The van der Waals surface area contributed by atoms with Crippen molar-refractivity contribution in [3.05, 3.63) is 47.7 Å². The van der Waals surface area contributed by atoms with Crippen molar-refractivity contribution in [3.8, 4) is 0 Å². The zero-order valence-corrected chi connectivity index (χ0v) is 9.94. The van der Waals surface area contributed by atoms with Crippen molar-refractivity contribution < 1.29 is 22.4 Å². The van der Waals surface area contributed by atoms with Crippen LogP contribution in [0.1, 0.15) is 27.5 Å². The second-order valence-corrected chi connectivity index (χ2v) is 3.98. The van der Waals surface area contributed by atoms with Gasteiger partial charge in [-0.2, -0.15) is 13.2 Å². The van der Waals surface area contributed by atoms with Gasteiger partial charge in [0.15, 0.2) is 0 Å². The lowest BCUT2D eigenvalue weighted by atomic mass is 10.1. The van der Waals surface area contributed by atoms with Crippen molar-refractivity contribution in [3.63, 3.8) is 0 Å². The van der Waals surface area contributed by atoms with Gasteiger partial charge in [0.2, 0.25) is 5.89 Å². The minimum absolute atomic E-state index is 0.263. The molecule has 0 saturated carbocycles. The summed E-state index contributed by atoms with van der Waals surface area (Å²) in [6, 6.07) is 8.44. The molecule has 0 radical (unpaired) electrons. The molecule has 0 aliphatic heterocycles. The lowest BCUT2D eigenvalue weighted by molar-refractivity contribution is -0.0903. The minimum atomic E-state index is -5.06. The van der Waals surface area contributed by atoms with Gasteiger partial charge in [-0.3, -0.25) is 4.79 Å². The lowest BCUT2D eigenvalue weighted by Crippen LogP contribution is -2.23. The number of ketones is 1. The summed E-state index contributed by atoms with van der Waals surface area (Å²) in [5.41, 5.74) is 0.568. The van der Waals surface area contributed by atoms with Crippen molar-refractivity contribution in [2.45, 2.75) is 11.6 Å². The third-order valence-electron chi connectivity index (χ3n) is 2.20. The number of carbonyl (C=O) groups is 1. The zero-order valence-electron chi connectivity index (χ0n) is 9.19. The number of rotatable bonds is 3. The average Bonchev–Trinajstić information content (AvgIpc) is 2.86. The fourth-order valence-electron chi connectivity index (χ4n) is 1.31. The van der Waals surface area contributed by atoms with E-state index >= 15 is 0 Å². The summed E-state index contributed by atoms with van der Waals surface area (Å²) in [7, 11) is 0. The van der Waals surface area contributed by atoms with E-state index in [-0.39, 0.29) is 5.89 Å². The van der Waals surface area contributed by atoms with E-state index in [1.807, 2.05) is 0 Å². The Labute approximate surface area is 110 Å². The number of Topliss-reactive ketones (excluding diaryl/α,β-unsaturated/α-hetero) is 1. The number of aromatic nitrogens is 2. The molecule has 0 aliphatic rings. The molecule has 0 amide bonds. The fraction of sp³-hybridized carbons (Fsp3) is 0.182. The summed E-state index contributed by atoms with van der Waals surface area (Å²) in [5.74, 6) is -3.58. The maximum atomic E-state index is 12.2. The van der Waals surface area contributed by atoms with Crippen LogP contribution in [0.15, 0.2) is 34.7 Å². The van der Waals surface area contributed by atoms with Gasteiger partial charge in [0.1, 0.15) is 5.38 Å². The van der Waals surface area contributed by atoms with Gasteiger partial charge in [-0.15, -0.1) is 21.8 Å². The maximum Gasteiger partial charge on any atom is 0.460 e. The smallest absolute Gasteiger partial charge is 0.416 e. The number of hydrogen-bond donors (Lipinski definition) is 0. The predicted octanol–water partition coefficient (Wildman–Crippen LogP) is 3.14. The van der Waals surface area contributed by atoms with E-state index in [9.17, 15) is 18.0 Å². The van der Waals surface area contributed by atoms with Crippen LogP contribution in [0.2, 0.25) is 0 Å². The van der Waals surface area contributed by atoms with E-state index in [1.165, 1.54) is 0 Å². The molecule has 0 aliphatic carbocycles. The molecular formula is C11H6ClF3N2O2. The molecule has 2 aromatic rings. The molecule has 0 spiro atoms. The second kappa shape index (κ2) is 5.00. The Morgan fingerprint density at radius 1 is 1.21 bits per heavy atom. The highest BCUT2D eigenvalue weighted by atomic mass is 35.5. The normalized spacial score (nSPS) is 13.3. The first-order chi connectivity index (χ1) is 8.89. The number of alkyl halides is 4. The van der Waals surface area contributed by atoms with Gasteiger partial charge in [0.05, 0.1) is 0 Å². The molecule has 1 unspecified atom stereocenters. The van der Waals surface area contributed by atoms with E-state index in [4.69, 9.17) is 11.6 Å². The summed E-state index contributed by atoms with van der Waals surface area (Å²) in [6.45, 7) is 0. The largest absolute Gasteiger partial charge is 0.460 e. The molecule has 1 heterocycles. The summed E-state index contributed by atoms with van der Waals surface area (Å²) in [4.78, 5) is 10.9. The lowest BCUT2D eigenvalue weighted by Gasteiger charge is -2.04. The van der Waals surface area contributed by atoms with Gasteiger partial charge in [0, 0.05) is 0 Å². The Balaban J connectivity index is 2.25. The molecule has 0 fully saturated rings. The Bertz CT molecular complexity index is 583. The minimum Gasteiger partial charge on any atom is -0.416 e. The number of halogens is 4. The van der Waals surface area contributed by atoms with Crippen LogP contribution in [-0.2, 0) is 0 Å². The first kappa shape index (κ1) is 13.5. The number of carbonyl (C=O) groups excluding carboxylic acids is 1. The third-order valence-corrected chi connectivity index (χ3v) is 2.64. The molecule has 100 valence electrons. The fourth-order valence-corrected chi connectivity index (χ4v) is 1.55. The molecule has 4 nitrogen and oxygen atoms in total. The highest BCUT2D eigenvalue weighted by Crippen LogP contribution is 2.28. The van der Waals surface area contributed by atoms with E-state index < -0.39 is 23.2 Å². The zero-order chi connectivity index (χ0) is 14.0. The topological polar surface area (TPSA) is 56.0 Å². The molecule has 0 N–H and O–H groups in total. The van der Waals surface area contributed by atoms with Gasteiger partial charge in [-0.1, -0.05) is 30.3 Å². The van der Waals surface area contributed by atoms with Crippen LogP contribution in [0.4, 0.5) is 13.2 Å². The number of nitrogens with zero attached hydrogens (tertiary/aromatic N) is 2. The van der Waals surface area contributed by atoms with Gasteiger partial charge >= 0.3 is 12.0 Å². The third kappa shape index (κ3) is 2.93. The second-order valence-electron chi connectivity index (χ2n) is 3.55. The molecule has 1 aromatic heterocycles. The summed E-state index contributed by atoms with van der Waals surface area (Å²) >= 11 is 5.98. The van der Waals surface area contributed by atoms with Gasteiger partial charge in [-0.25, -0.2) is 0 Å². The van der Waals surface area contributed by atoms with Crippen molar-refractivity contribution in [2.24, 2.45) is 0 Å². The molecule has 1 aromatic carbocycles. The van der Waals surface area contributed by atoms with Crippen LogP contribution < -0.4 is 0 Å². The predicted molar refractivity (Wildman–Crippen MR) is 58.8 cm³/mol. The van der Waals surface area contributed by atoms with Gasteiger partial charge in [-0.05, 0) is 5.56 Å². The highest BCUT2D eigenvalue weighted by molar-refractivity contribution is 6.22. The molecule has 19 heavy (non-hydrogen) atoms. The molecule has 2 rings (SSSR count). The van der Waals surface area contributed by atoms with Crippen LogP contribution in [0.3, 0.4) is 0 Å². The molecule has 0 bridgehead atoms. The van der Waals surface area contributed by atoms with Crippen LogP contribution in [0.5, 0.6) is 0 Å². The first-order valence-electron chi connectivity index (χ1n) is 5.03. The Morgan fingerprint density at radius 3 is 2.42 bits per heavy atom. The van der Waals surface area contributed by atoms with Crippen molar-refractivity contribution in [1.29, 1.82) is 0 Å². The Hall–Kier alpha value is -1.89. The summed E-state index contributed by atoms with van der Waals surface area (Å²) < 4.78 is 41.1. The molecular weight excluding hydrogens is 285 g/mol. The van der Waals surface area contributed by atoms with E-state index in [1.54, 1.807) is 30.3 Å². The van der Waals surface area contributed by atoms with Crippen LogP contribution >= 0.6 is 11.6 Å². The van der Waals surface area contributed by atoms with E-state index in [0.29, 0.717) is 5.56 Å².